The number of nitrogens with one attached hydrogen (secondary N) is 1. The first-order valence-corrected chi connectivity index (χ1v) is 7.48. The van der Waals surface area contributed by atoms with Gasteiger partial charge in [0, 0.05) is 16.8 Å². The number of hydrogen-bond donors (Lipinski definition) is 1. The Kier molecular flexibility index (Phi) is 5.94. The first-order valence-electron chi connectivity index (χ1n) is 7.10. The van der Waals surface area contributed by atoms with Crippen molar-refractivity contribution in [1.29, 1.82) is 0 Å². The average molecular weight is 330 g/mol. The first-order chi connectivity index (χ1) is 11.1. The van der Waals surface area contributed by atoms with Gasteiger partial charge in [0.25, 0.3) is 0 Å². The predicted molar refractivity (Wildman–Crippen MR) is 91.5 cm³/mol. The van der Waals surface area contributed by atoms with E-state index in [1.54, 1.807) is 49.4 Å². The highest BCUT2D eigenvalue weighted by Gasteiger charge is 2.07. The molecule has 0 atom stereocenters. The maximum Gasteiger partial charge on any atom is 0.338 e. The van der Waals surface area contributed by atoms with Gasteiger partial charge in [0.2, 0.25) is 5.91 Å². The van der Waals surface area contributed by atoms with E-state index in [0.29, 0.717) is 22.9 Å². The summed E-state index contributed by atoms with van der Waals surface area (Å²) < 4.78 is 4.93. The summed E-state index contributed by atoms with van der Waals surface area (Å²) in [7, 11) is 0. The Labute approximate surface area is 139 Å². The molecule has 0 fully saturated rings. The van der Waals surface area contributed by atoms with Crippen molar-refractivity contribution in [1.82, 2.24) is 0 Å². The van der Waals surface area contributed by atoms with Crippen LogP contribution < -0.4 is 5.32 Å². The maximum absolute atomic E-state index is 11.9. The Balaban J connectivity index is 2.03. The van der Waals surface area contributed by atoms with Crippen LogP contribution in [0.2, 0.25) is 5.02 Å². The van der Waals surface area contributed by atoms with E-state index >= 15 is 0 Å². The normalized spacial score (nSPS) is 10.5. The van der Waals surface area contributed by atoms with E-state index in [2.05, 4.69) is 5.32 Å². The largest absolute Gasteiger partial charge is 0.462 e. The highest BCUT2D eigenvalue weighted by atomic mass is 35.5. The van der Waals surface area contributed by atoms with E-state index in [1.807, 2.05) is 12.1 Å². The molecular weight excluding hydrogens is 314 g/mol. The number of hydrogen-bond acceptors (Lipinski definition) is 3. The minimum absolute atomic E-state index is 0.300. The summed E-state index contributed by atoms with van der Waals surface area (Å²) in [6.45, 7) is 2.04. The van der Waals surface area contributed by atoms with Crippen molar-refractivity contribution >= 4 is 35.2 Å². The number of esters is 1. The fraction of sp³-hybridized carbons (Fsp3) is 0.111. The molecule has 0 heterocycles. The summed E-state index contributed by atoms with van der Waals surface area (Å²) in [6, 6.07) is 13.8. The molecule has 2 aromatic rings. The lowest BCUT2D eigenvalue weighted by Gasteiger charge is -2.05. The molecule has 1 N–H and O–H groups in total. The number of halogens is 1. The van der Waals surface area contributed by atoms with Gasteiger partial charge in [0.05, 0.1) is 12.2 Å². The molecule has 0 saturated carbocycles. The second-order valence-corrected chi connectivity index (χ2v) is 5.12. The third-order valence-corrected chi connectivity index (χ3v) is 3.15. The van der Waals surface area contributed by atoms with Crippen LogP contribution in [0.3, 0.4) is 0 Å². The topological polar surface area (TPSA) is 55.4 Å². The summed E-state index contributed by atoms with van der Waals surface area (Å²) in [6.07, 6.45) is 3.07. The smallest absolute Gasteiger partial charge is 0.338 e. The van der Waals surface area contributed by atoms with E-state index in [9.17, 15) is 9.59 Å². The number of carbonyl (C=O) groups is 2. The number of carbonyl (C=O) groups excluding carboxylic acids is 2. The number of rotatable bonds is 5. The minimum Gasteiger partial charge on any atom is -0.462 e. The summed E-state index contributed by atoms with van der Waals surface area (Å²) in [4.78, 5) is 23.6. The molecule has 0 aliphatic carbocycles. The SMILES string of the molecule is CCOC(=O)c1cccc(NC(=O)C=Cc2cccc(Cl)c2)c1. The third kappa shape index (κ3) is 5.27. The lowest BCUT2D eigenvalue weighted by Crippen LogP contribution is -2.09. The van der Waals surface area contributed by atoms with Gasteiger partial charge in [-0.05, 0) is 48.9 Å². The lowest BCUT2D eigenvalue weighted by molar-refractivity contribution is -0.111. The number of benzene rings is 2. The van der Waals surface area contributed by atoms with Gasteiger partial charge in [0.1, 0.15) is 0 Å². The average Bonchev–Trinajstić information content (AvgIpc) is 2.53. The van der Waals surface area contributed by atoms with Crippen LogP contribution in [-0.2, 0) is 9.53 Å². The molecule has 2 rings (SSSR count). The van der Waals surface area contributed by atoms with Crippen LogP contribution in [0.1, 0.15) is 22.8 Å². The van der Waals surface area contributed by atoms with Crippen LogP contribution in [0.5, 0.6) is 0 Å². The van der Waals surface area contributed by atoms with E-state index in [0.717, 1.165) is 5.56 Å². The van der Waals surface area contributed by atoms with Gasteiger partial charge in [-0.15, -0.1) is 0 Å². The van der Waals surface area contributed by atoms with E-state index in [4.69, 9.17) is 16.3 Å². The van der Waals surface area contributed by atoms with Crippen LogP contribution in [0.15, 0.2) is 54.6 Å². The fourth-order valence-electron chi connectivity index (χ4n) is 1.90. The molecule has 1 amide bonds. The standard InChI is InChI=1S/C18H16ClNO3/c1-2-23-18(22)14-6-4-8-16(12-14)20-17(21)10-9-13-5-3-7-15(19)11-13/h3-12H,2H2,1H3,(H,20,21). The molecule has 0 aromatic heterocycles. The van der Waals surface area contributed by atoms with Gasteiger partial charge in [-0.25, -0.2) is 4.79 Å². The second kappa shape index (κ2) is 8.15. The monoisotopic (exact) mass is 329 g/mol. The van der Waals surface area contributed by atoms with Gasteiger partial charge in [-0.2, -0.15) is 0 Å². The quantitative estimate of drug-likeness (QED) is 0.661. The summed E-state index contributed by atoms with van der Waals surface area (Å²) >= 11 is 5.88. The van der Waals surface area contributed by atoms with E-state index < -0.39 is 5.97 Å². The van der Waals surface area contributed by atoms with Crippen molar-refractivity contribution in [2.24, 2.45) is 0 Å². The van der Waals surface area contributed by atoms with Gasteiger partial charge >= 0.3 is 5.97 Å². The van der Waals surface area contributed by atoms with Crippen molar-refractivity contribution in [3.05, 3.63) is 70.8 Å². The summed E-state index contributed by atoms with van der Waals surface area (Å²) in [5.41, 5.74) is 1.74. The highest BCUT2D eigenvalue weighted by Crippen LogP contribution is 2.13. The Morgan fingerprint density at radius 3 is 2.70 bits per heavy atom. The van der Waals surface area contributed by atoms with Crippen LogP contribution in [-0.4, -0.2) is 18.5 Å². The minimum atomic E-state index is -0.418. The molecule has 118 valence electrons. The lowest BCUT2D eigenvalue weighted by atomic mass is 10.2. The summed E-state index contributed by atoms with van der Waals surface area (Å²) in [5, 5.41) is 3.30. The molecule has 4 nitrogen and oxygen atoms in total. The molecule has 0 aliphatic heterocycles. The van der Waals surface area contributed by atoms with Crippen molar-refractivity contribution in [2.45, 2.75) is 6.92 Å². The number of ether oxygens (including phenoxy) is 1. The van der Waals surface area contributed by atoms with Crippen molar-refractivity contribution in [3.63, 3.8) is 0 Å². The molecular formula is C18H16ClNO3. The fourth-order valence-corrected chi connectivity index (χ4v) is 2.10. The Hall–Kier alpha value is -2.59. The molecule has 0 bridgehead atoms. The summed E-state index contributed by atoms with van der Waals surface area (Å²) in [5.74, 6) is -0.718. The molecule has 0 spiro atoms. The van der Waals surface area contributed by atoms with Crippen LogP contribution in [0.4, 0.5) is 5.69 Å². The van der Waals surface area contributed by atoms with Crippen molar-refractivity contribution in [2.75, 3.05) is 11.9 Å². The Morgan fingerprint density at radius 2 is 1.96 bits per heavy atom. The molecule has 5 heteroatoms. The number of amides is 1. The third-order valence-electron chi connectivity index (χ3n) is 2.92. The van der Waals surface area contributed by atoms with Crippen LogP contribution >= 0.6 is 11.6 Å². The number of anilines is 1. The van der Waals surface area contributed by atoms with E-state index in [-0.39, 0.29) is 5.91 Å². The second-order valence-electron chi connectivity index (χ2n) is 4.68. The van der Waals surface area contributed by atoms with Crippen LogP contribution in [0, 0.1) is 0 Å². The van der Waals surface area contributed by atoms with Gasteiger partial charge in [-0.3, -0.25) is 4.79 Å². The van der Waals surface area contributed by atoms with Gasteiger partial charge in [-0.1, -0.05) is 29.8 Å². The molecule has 23 heavy (non-hydrogen) atoms. The Morgan fingerprint density at radius 1 is 1.17 bits per heavy atom. The molecule has 2 aromatic carbocycles. The van der Waals surface area contributed by atoms with Crippen LogP contribution in [0.25, 0.3) is 6.08 Å². The Bertz CT molecular complexity index is 741. The zero-order valence-corrected chi connectivity index (χ0v) is 13.3. The van der Waals surface area contributed by atoms with Crippen molar-refractivity contribution in [3.8, 4) is 0 Å². The van der Waals surface area contributed by atoms with E-state index in [1.165, 1.54) is 6.08 Å². The molecule has 0 saturated heterocycles. The zero-order valence-electron chi connectivity index (χ0n) is 12.6. The molecule has 0 radical (unpaired) electrons. The zero-order chi connectivity index (χ0) is 16.7. The first kappa shape index (κ1) is 16.8. The highest BCUT2D eigenvalue weighted by molar-refractivity contribution is 6.30. The van der Waals surface area contributed by atoms with Gasteiger partial charge < -0.3 is 10.1 Å². The molecule has 0 aliphatic rings. The molecule has 0 unspecified atom stereocenters. The van der Waals surface area contributed by atoms with Gasteiger partial charge in [0.15, 0.2) is 0 Å². The maximum atomic E-state index is 11.9. The predicted octanol–water partition coefficient (Wildman–Crippen LogP) is 4.17. The van der Waals surface area contributed by atoms with Crippen molar-refractivity contribution < 1.29 is 14.3 Å².